The van der Waals surface area contributed by atoms with E-state index in [1.54, 1.807) is 18.2 Å². The van der Waals surface area contributed by atoms with Crippen LogP contribution in [0.1, 0.15) is 15.9 Å². The fourth-order valence-electron chi connectivity index (χ4n) is 3.40. The summed E-state index contributed by atoms with van der Waals surface area (Å²) in [7, 11) is 0. The predicted molar refractivity (Wildman–Crippen MR) is 108 cm³/mol. The van der Waals surface area contributed by atoms with E-state index in [4.69, 9.17) is 4.74 Å². The minimum atomic E-state index is -4.50. The number of rotatable bonds is 4. The summed E-state index contributed by atoms with van der Waals surface area (Å²) in [5, 5.41) is 2.68. The molecular weight excluding hydrogens is 395 g/mol. The number of nitrogens with zero attached hydrogens (tertiary/aromatic N) is 2. The number of carbonyl (C=O) groups is 1. The number of morpholine rings is 1. The molecule has 0 bridgehead atoms. The van der Waals surface area contributed by atoms with Crippen molar-refractivity contribution in [3.8, 4) is 5.69 Å². The second-order valence-electron chi connectivity index (χ2n) is 6.92. The maximum atomic E-state index is 13.3. The Morgan fingerprint density at radius 2 is 1.70 bits per heavy atom. The van der Waals surface area contributed by atoms with Crippen LogP contribution in [0.3, 0.4) is 0 Å². The zero-order valence-electron chi connectivity index (χ0n) is 16.0. The first kappa shape index (κ1) is 20.0. The maximum absolute atomic E-state index is 13.3. The minimum Gasteiger partial charge on any atom is -0.378 e. The van der Waals surface area contributed by atoms with E-state index in [9.17, 15) is 18.0 Å². The highest BCUT2D eigenvalue weighted by Crippen LogP contribution is 2.36. The van der Waals surface area contributed by atoms with Gasteiger partial charge in [0.2, 0.25) is 0 Å². The molecule has 0 aliphatic carbocycles. The maximum Gasteiger partial charge on any atom is 0.416 e. The van der Waals surface area contributed by atoms with Crippen LogP contribution in [0, 0.1) is 0 Å². The molecule has 0 saturated carbocycles. The lowest BCUT2D eigenvalue weighted by atomic mass is 10.1. The highest BCUT2D eigenvalue weighted by Gasteiger charge is 2.32. The summed E-state index contributed by atoms with van der Waals surface area (Å²) < 4.78 is 47.0. The molecule has 1 fully saturated rings. The van der Waals surface area contributed by atoms with Crippen molar-refractivity contribution in [1.29, 1.82) is 0 Å². The third-order valence-corrected chi connectivity index (χ3v) is 4.93. The topological polar surface area (TPSA) is 46.5 Å². The Hall–Kier alpha value is -3.26. The number of ether oxygens (including phenoxy) is 1. The number of hydrogen-bond acceptors (Lipinski definition) is 3. The summed E-state index contributed by atoms with van der Waals surface area (Å²) in [6.07, 6.45) is -0.807. The van der Waals surface area contributed by atoms with E-state index in [1.807, 2.05) is 40.1 Å². The fraction of sp³-hybridized carbons (Fsp3) is 0.227. The van der Waals surface area contributed by atoms with Crippen LogP contribution in [0.15, 0.2) is 67.0 Å². The van der Waals surface area contributed by atoms with E-state index in [0.29, 0.717) is 37.6 Å². The van der Waals surface area contributed by atoms with Crippen LogP contribution < -0.4 is 10.2 Å². The third-order valence-electron chi connectivity index (χ3n) is 4.93. The lowest BCUT2D eigenvalue weighted by Gasteiger charge is -2.31. The quantitative estimate of drug-likeness (QED) is 0.678. The smallest absolute Gasteiger partial charge is 0.378 e. The Kier molecular flexibility index (Phi) is 5.50. The molecule has 0 radical (unpaired) electrons. The first-order valence-corrected chi connectivity index (χ1v) is 9.50. The van der Waals surface area contributed by atoms with Gasteiger partial charge in [-0.15, -0.1) is 0 Å². The van der Waals surface area contributed by atoms with Gasteiger partial charge in [-0.05, 0) is 48.5 Å². The van der Waals surface area contributed by atoms with Gasteiger partial charge in [0, 0.05) is 36.7 Å². The van der Waals surface area contributed by atoms with E-state index < -0.39 is 17.6 Å². The molecule has 1 aromatic heterocycles. The average molecular weight is 415 g/mol. The number of aromatic nitrogens is 1. The summed E-state index contributed by atoms with van der Waals surface area (Å²) in [5.41, 5.74) is 0.997. The molecule has 8 heteroatoms. The van der Waals surface area contributed by atoms with Crippen LogP contribution in [-0.4, -0.2) is 36.8 Å². The number of anilines is 2. The van der Waals surface area contributed by atoms with Gasteiger partial charge >= 0.3 is 6.18 Å². The van der Waals surface area contributed by atoms with Crippen molar-refractivity contribution >= 4 is 17.3 Å². The molecule has 1 N–H and O–H groups in total. The minimum absolute atomic E-state index is 0.128. The van der Waals surface area contributed by atoms with Gasteiger partial charge in [0.05, 0.1) is 30.2 Å². The van der Waals surface area contributed by atoms with Crippen LogP contribution in [0.25, 0.3) is 5.69 Å². The molecule has 156 valence electrons. The Morgan fingerprint density at radius 1 is 0.967 bits per heavy atom. The van der Waals surface area contributed by atoms with E-state index in [-0.39, 0.29) is 5.69 Å². The summed E-state index contributed by atoms with van der Waals surface area (Å²) in [6, 6.07) is 14.1. The monoisotopic (exact) mass is 415 g/mol. The molecule has 0 spiro atoms. The third kappa shape index (κ3) is 4.33. The Bertz CT molecular complexity index is 1030. The molecule has 2 heterocycles. The Labute approximate surface area is 171 Å². The molecule has 0 atom stereocenters. The zero-order valence-corrected chi connectivity index (χ0v) is 16.0. The molecule has 1 amide bonds. The standard InChI is InChI=1S/C22H20F3N3O2/c23-22(24,25)17-6-7-20(28-10-12-30-13-11-28)19(15-17)26-21(29)16-4-3-5-18(14-16)27-8-1-2-9-27/h1-9,14-15H,10-13H2,(H,26,29). The summed E-state index contributed by atoms with van der Waals surface area (Å²) in [5.74, 6) is -0.474. The molecule has 30 heavy (non-hydrogen) atoms. The number of alkyl halides is 3. The molecule has 3 aromatic rings. The Morgan fingerprint density at radius 3 is 2.40 bits per heavy atom. The van der Waals surface area contributed by atoms with Gasteiger partial charge in [-0.25, -0.2) is 0 Å². The SMILES string of the molecule is O=C(Nc1cc(C(F)(F)F)ccc1N1CCOCC1)c1cccc(-n2cccc2)c1. The number of benzene rings is 2. The molecule has 4 rings (SSSR count). The molecule has 1 aliphatic heterocycles. The van der Waals surface area contributed by atoms with Gasteiger partial charge in [0.15, 0.2) is 0 Å². The second kappa shape index (κ2) is 8.23. The Balaban J connectivity index is 1.65. The van der Waals surface area contributed by atoms with Crippen molar-refractivity contribution in [2.24, 2.45) is 0 Å². The van der Waals surface area contributed by atoms with Gasteiger partial charge in [-0.3, -0.25) is 4.79 Å². The average Bonchev–Trinajstić information content (AvgIpc) is 3.29. The van der Waals surface area contributed by atoms with Crippen molar-refractivity contribution in [3.63, 3.8) is 0 Å². The summed E-state index contributed by atoms with van der Waals surface area (Å²) in [4.78, 5) is 14.8. The lowest BCUT2D eigenvalue weighted by molar-refractivity contribution is -0.137. The van der Waals surface area contributed by atoms with E-state index in [2.05, 4.69) is 5.32 Å². The highest BCUT2D eigenvalue weighted by atomic mass is 19.4. The van der Waals surface area contributed by atoms with Crippen molar-refractivity contribution in [3.05, 3.63) is 78.1 Å². The van der Waals surface area contributed by atoms with Crippen molar-refractivity contribution in [2.75, 3.05) is 36.5 Å². The first-order valence-electron chi connectivity index (χ1n) is 9.50. The van der Waals surface area contributed by atoms with Crippen LogP contribution in [0.2, 0.25) is 0 Å². The van der Waals surface area contributed by atoms with Crippen LogP contribution in [0.4, 0.5) is 24.5 Å². The number of hydrogen-bond donors (Lipinski definition) is 1. The number of halogens is 3. The van der Waals surface area contributed by atoms with Crippen LogP contribution >= 0.6 is 0 Å². The van der Waals surface area contributed by atoms with Gasteiger partial charge < -0.3 is 19.5 Å². The van der Waals surface area contributed by atoms with Crippen LogP contribution in [-0.2, 0) is 10.9 Å². The van der Waals surface area contributed by atoms with Gasteiger partial charge in [-0.1, -0.05) is 6.07 Å². The van der Waals surface area contributed by atoms with E-state index in [1.165, 1.54) is 6.07 Å². The normalized spacial score (nSPS) is 14.6. The highest BCUT2D eigenvalue weighted by molar-refractivity contribution is 6.06. The zero-order chi connectivity index (χ0) is 21.1. The fourth-order valence-corrected chi connectivity index (χ4v) is 3.40. The van der Waals surface area contributed by atoms with E-state index in [0.717, 1.165) is 17.8 Å². The first-order chi connectivity index (χ1) is 14.4. The molecule has 5 nitrogen and oxygen atoms in total. The van der Waals surface area contributed by atoms with Gasteiger partial charge in [-0.2, -0.15) is 13.2 Å². The largest absolute Gasteiger partial charge is 0.416 e. The van der Waals surface area contributed by atoms with E-state index >= 15 is 0 Å². The predicted octanol–water partition coefficient (Wildman–Crippen LogP) is 4.59. The van der Waals surface area contributed by atoms with Crippen molar-refractivity contribution in [1.82, 2.24) is 4.57 Å². The summed E-state index contributed by atoms with van der Waals surface area (Å²) in [6.45, 7) is 2.04. The lowest BCUT2D eigenvalue weighted by Crippen LogP contribution is -2.36. The molecule has 1 aliphatic rings. The summed E-state index contributed by atoms with van der Waals surface area (Å²) >= 11 is 0. The van der Waals surface area contributed by atoms with Gasteiger partial charge in [0.1, 0.15) is 0 Å². The molecule has 0 unspecified atom stereocenters. The number of carbonyl (C=O) groups excluding carboxylic acids is 1. The molecule has 2 aromatic carbocycles. The number of nitrogens with one attached hydrogen (secondary N) is 1. The second-order valence-corrected chi connectivity index (χ2v) is 6.92. The van der Waals surface area contributed by atoms with Crippen molar-refractivity contribution in [2.45, 2.75) is 6.18 Å². The molecule has 1 saturated heterocycles. The van der Waals surface area contributed by atoms with Crippen molar-refractivity contribution < 1.29 is 22.7 Å². The van der Waals surface area contributed by atoms with Gasteiger partial charge in [0.25, 0.3) is 5.91 Å². The van der Waals surface area contributed by atoms with Crippen LogP contribution in [0.5, 0.6) is 0 Å². The number of amides is 1. The molecular formula is C22H20F3N3O2.